The van der Waals surface area contributed by atoms with Crippen molar-refractivity contribution in [1.82, 2.24) is 0 Å². The number of amides is 1. The first-order valence-electron chi connectivity index (χ1n) is 7.03. The van der Waals surface area contributed by atoms with Gasteiger partial charge in [0.1, 0.15) is 0 Å². The quantitative estimate of drug-likeness (QED) is 0.583. The zero-order chi connectivity index (χ0) is 15.5. The summed E-state index contributed by atoms with van der Waals surface area (Å²) in [5, 5.41) is 3.49. The summed E-state index contributed by atoms with van der Waals surface area (Å²) in [5.41, 5.74) is 5.83. The van der Waals surface area contributed by atoms with Gasteiger partial charge in [0, 0.05) is 0 Å². The summed E-state index contributed by atoms with van der Waals surface area (Å²) in [6.45, 7) is 0. The van der Waals surface area contributed by atoms with Gasteiger partial charge in [0.05, 0.1) is 25.6 Å². The number of carbonyl (C=O) groups is 1. The van der Waals surface area contributed by atoms with E-state index >= 15 is 0 Å². The third kappa shape index (κ3) is 3.58. The van der Waals surface area contributed by atoms with Gasteiger partial charge in [-0.3, -0.25) is 4.79 Å². The Morgan fingerprint density at radius 2 is 1.90 bits per heavy atom. The first-order chi connectivity index (χ1) is 9.97. The summed E-state index contributed by atoms with van der Waals surface area (Å²) in [4.78, 5) is 13.1. The number of carbonyl (C=O) groups excluding carboxylic acids is 1. The number of hydrogen-bond donors (Lipinski definition) is 2. The van der Waals surface area contributed by atoms with E-state index in [0.29, 0.717) is 33.0 Å². The summed E-state index contributed by atoms with van der Waals surface area (Å²) in [6, 6.07) is 5.36. The lowest BCUT2D eigenvalue weighted by Gasteiger charge is -2.30. The van der Waals surface area contributed by atoms with Crippen LogP contribution in [-0.4, -0.2) is 10.9 Å². The molecule has 2 rings (SSSR count). The van der Waals surface area contributed by atoms with E-state index in [2.05, 4.69) is 21.2 Å². The van der Waals surface area contributed by atoms with Crippen molar-refractivity contribution >= 4 is 56.3 Å². The highest BCUT2D eigenvalue weighted by Gasteiger charge is 2.41. The van der Waals surface area contributed by atoms with Gasteiger partial charge in [0.25, 0.3) is 0 Å². The highest BCUT2D eigenvalue weighted by Crippen LogP contribution is 2.38. The molecule has 0 heterocycles. The molecule has 1 aliphatic carbocycles. The van der Waals surface area contributed by atoms with Gasteiger partial charge < -0.3 is 11.1 Å². The summed E-state index contributed by atoms with van der Waals surface area (Å²) >= 11 is 14.7. The van der Waals surface area contributed by atoms with Gasteiger partial charge in [-0.1, -0.05) is 55.6 Å². The van der Waals surface area contributed by atoms with Crippen LogP contribution in [0.4, 0.5) is 5.69 Å². The van der Waals surface area contributed by atoms with Crippen molar-refractivity contribution in [2.45, 2.75) is 38.5 Å². The number of rotatable bonds is 3. The molecule has 21 heavy (non-hydrogen) atoms. The summed E-state index contributed by atoms with van der Waals surface area (Å²) in [6.07, 6.45) is 5.62. The molecule has 3 N–H and O–H groups in total. The lowest BCUT2D eigenvalue weighted by molar-refractivity contribution is -0.122. The molecule has 114 valence electrons. The van der Waals surface area contributed by atoms with E-state index in [1.807, 2.05) is 0 Å². The minimum absolute atomic E-state index is 0.125. The Hall–Kier alpha value is -0.650. The molecule has 1 aliphatic rings. The van der Waals surface area contributed by atoms with Crippen molar-refractivity contribution in [2.24, 2.45) is 11.1 Å². The van der Waals surface area contributed by atoms with Crippen LogP contribution in [0, 0.1) is 5.41 Å². The van der Waals surface area contributed by atoms with Gasteiger partial charge in [-0.15, -0.1) is 0 Å². The Bertz CT molecular complexity index is 557. The second-order valence-corrected chi connectivity index (χ2v) is 7.06. The molecule has 0 atom stereocenters. The van der Waals surface area contributed by atoms with E-state index in [1.165, 1.54) is 0 Å². The van der Waals surface area contributed by atoms with Crippen molar-refractivity contribution in [3.05, 3.63) is 27.7 Å². The van der Waals surface area contributed by atoms with Crippen LogP contribution in [-0.2, 0) is 4.79 Å². The van der Waals surface area contributed by atoms with Gasteiger partial charge in [-0.2, -0.15) is 0 Å². The molecule has 1 saturated carbocycles. The topological polar surface area (TPSA) is 55.1 Å². The molecular formula is C15H18BrClN2OS. The fourth-order valence-corrected chi connectivity index (χ4v) is 3.59. The second-order valence-electron chi connectivity index (χ2n) is 5.42. The fraction of sp³-hybridized carbons (Fsp3) is 0.467. The average Bonchev–Trinajstić information content (AvgIpc) is 2.70. The molecule has 0 saturated heterocycles. The van der Waals surface area contributed by atoms with Crippen LogP contribution in [0.1, 0.15) is 38.5 Å². The van der Waals surface area contributed by atoms with Crippen LogP contribution >= 0.6 is 39.7 Å². The smallest absolute Gasteiger partial charge is 0.237 e. The van der Waals surface area contributed by atoms with Crippen molar-refractivity contribution in [1.29, 1.82) is 0 Å². The summed E-state index contributed by atoms with van der Waals surface area (Å²) in [5.74, 6) is -0.125. The van der Waals surface area contributed by atoms with E-state index in [4.69, 9.17) is 29.6 Å². The predicted octanol–water partition coefficient (Wildman–Crippen LogP) is 4.67. The third-order valence-electron chi connectivity index (χ3n) is 4.06. The molecule has 0 bridgehead atoms. The first-order valence-corrected chi connectivity index (χ1v) is 8.61. The minimum Gasteiger partial charge on any atom is -0.392 e. The van der Waals surface area contributed by atoms with E-state index in [1.54, 1.807) is 18.2 Å². The van der Waals surface area contributed by atoms with Crippen molar-refractivity contribution in [3.63, 3.8) is 0 Å². The SMILES string of the molecule is NC(=S)C1(C(=O)Nc2cccc(Cl)c2Br)CCCCCC1. The molecule has 6 heteroatoms. The van der Waals surface area contributed by atoms with Gasteiger partial charge in [-0.05, 0) is 40.9 Å². The van der Waals surface area contributed by atoms with Crippen molar-refractivity contribution in [2.75, 3.05) is 5.32 Å². The van der Waals surface area contributed by atoms with E-state index < -0.39 is 5.41 Å². The number of thiocarbonyl (C=S) groups is 1. The van der Waals surface area contributed by atoms with Crippen LogP contribution in [0.3, 0.4) is 0 Å². The average molecular weight is 390 g/mol. The monoisotopic (exact) mass is 388 g/mol. The second kappa shape index (κ2) is 7.07. The standard InChI is InChI=1S/C15H18BrClN2OS/c16-12-10(17)6-5-7-11(12)19-14(20)15(13(18)21)8-3-1-2-4-9-15/h5-7H,1-4,8-9H2,(H2,18,21)(H,19,20). The zero-order valence-electron chi connectivity index (χ0n) is 11.6. The molecule has 3 nitrogen and oxygen atoms in total. The van der Waals surface area contributed by atoms with Gasteiger partial charge in [-0.25, -0.2) is 0 Å². The van der Waals surface area contributed by atoms with Crippen LogP contribution in [0.2, 0.25) is 5.02 Å². The number of benzene rings is 1. The predicted molar refractivity (Wildman–Crippen MR) is 94.7 cm³/mol. The minimum atomic E-state index is -0.742. The molecule has 0 aliphatic heterocycles. The lowest BCUT2D eigenvalue weighted by Crippen LogP contribution is -2.45. The zero-order valence-corrected chi connectivity index (χ0v) is 14.8. The molecule has 0 aromatic heterocycles. The third-order valence-corrected chi connectivity index (χ3v) is 5.85. The molecule has 1 aromatic carbocycles. The fourth-order valence-electron chi connectivity index (χ4n) is 2.76. The van der Waals surface area contributed by atoms with Gasteiger partial charge >= 0.3 is 0 Å². The number of nitrogens with two attached hydrogens (primary N) is 1. The van der Waals surface area contributed by atoms with E-state index in [0.717, 1.165) is 25.7 Å². The van der Waals surface area contributed by atoms with Crippen LogP contribution in [0.25, 0.3) is 0 Å². The Morgan fingerprint density at radius 3 is 2.48 bits per heavy atom. The molecule has 0 unspecified atom stereocenters. The maximum atomic E-state index is 12.8. The number of anilines is 1. The van der Waals surface area contributed by atoms with E-state index in [-0.39, 0.29) is 5.91 Å². The normalized spacial score (nSPS) is 17.8. The van der Waals surface area contributed by atoms with Crippen molar-refractivity contribution in [3.8, 4) is 0 Å². The Kier molecular flexibility index (Phi) is 5.63. The largest absolute Gasteiger partial charge is 0.392 e. The number of hydrogen-bond acceptors (Lipinski definition) is 2. The molecule has 0 radical (unpaired) electrons. The number of halogens is 2. The Balaban J connectivity index is 2.27. The first kappa shape index (κ1) is 16.7. The summed E-state index contributed by atoms with van der Waals surface area (Å²) < 4.78 is 0.673. The molecule has 0 spiro atoms. The molecular weight excluding hydrogens is 372 g/mol. The number of nitrogens with one attached hydrogen (secondary N) is 1. The Morgan fingerprint density at radius 1 is 1.29 bits per heavy atom. The molecule has 1 aromatic rings. The highest BCUT2D eigenvalue weighted by atomic mass is 79.9. The maximum Gasteiger partial charge on any atom is 0.237 e. The van der Waals surface area contributed by atoms with Crippen molar-refractivity contribution < 1.29 is 4.79 Å². The van der Waals surface area contributed by atoms with Crippen LogP contribution in [0.5, 0.6) is 0 Å². The van der Waals surface area contributed by atoms with Gasteiger partial charge in [0.2, 0.25) is 5.91 Å². The van der Waals surface area contributed by atoms with Crippen LogP contribution in [0.15, 0.2) is 22.7 Å². The maximum absolute atomic E-state index is 12.8. The van der Waals surface area contributed by atoms with Gasteiger partial charge in [0.15, 0.2) is 0 Å². The van der Waals surface area contributed by atoms with Crippen LogP contribution < -0.4 is 11.1 Å². The highest BCUT2D eigenvalue weighted by molar-refractivity contribution is 9.10. The van der Waals surface area contributed by atoms with E-state index in [9.17, 15) is 4.79 Å². The molecule has 1 fully saturated rings. The lowest BCUT2D eigenvalue weighted by atomic mass is 9.79. The molecule has 1 amide bonds. The summed E-state index contributed by atoms with van der Waals surface area (Å²) in [7, 11) is 0. The Labute approximate surface area is 143 Å².